The molecule has 0 aromatic heterocycles. The number of carboxylic acids is 3. The van der Waals surface area contributed by atoms with Gasteiger partial charge >= 0.3 is 17.9 Å². The van der Waals surface area contributed by atoms with Crippen LogP contribution in [0.15, 0.2) is 0 Å². The number of aliphatic hydroxyl groups is 1. The van der Waals surface area contributed by atoms with Gasteiger partial charge in [-0.1, -0.05) is 13.8 Å². The molecule has 0 bridgehead atoms. The minimum absolute atomic E-state index is 0.185. The van der Waals surface area contributed by atoms with Crippen LogP contribution < -0.4 is 21.7 Å². The number of carbonyl (C=O) groups is 6. The van der Waals surface area contributed by atoms with E-state index in [1.807, 2.05) is 5.32 Å². The van der Waals surface area contributed by atoms with Crippen molar-refractivity contribution in [2.75, 3.05) is 6.61 Å². The molecule has 176 valence electrons. The highest BCUT2D eigenvalue weighted by molar-refractivity contribution is 5.95. The van der Waals surface area contributed by atoms with Gasteiger partial charge in [0.05, 0.1) is 19.1 Å². The molecule has 0 rings (SSSR count). The second kappa shape index (κ2) is 13.1. The molecule has 31 heavy (non-hydrogen) atoms. The third-order valence-corrected chi connectivity index (χ3v) is 4.06. The van der Waals surface area contributed by atoms with Crippen molar-refractivity contribution in [2.45, 2.75) is 57.3 Å². The summed E-state index contributed by atoms with van der Waals surface area (Å²) in [6.45, 7) is 2.13. The maximum absolute atomic E-state index is 12.6. The quantitative estimate of drug-likeness (QED) is 0.132. The van der Waals surface area contributed by atoms with Crippen molar-refractivity contribution in [1.29, 1.82) is 0 Å². The second-order valence-corrected chi connectivity index (χ2v) is 7.01. The van der Waals surface area contributed by atoms with Gasteiger partial charge in [-0.25, -0.2) is 4.79 Å². The molecule has 4 atom stereocenters. The fourth-order valence-electron chi connectivity index (χ4n) is 2.31. The monoisotopic (exact) mass is 448 g/mol. The maximum Gasteiger partial charge on any atom is 0.328 e. The molecular formula is C17H28N4O10. The molecule has 0 saturated heterocycles. The zero-order chi connectivity index (χ0) is 24.3. The molecule has 4 unspecified atom stereocenters. The van der Waals surface area contributed by atoms with Crippen LogP contribution in [-0.2, 0) is 28.8 Å². The average Bonchev–Trinajstić information content (AvgIpc) is 2.66. The highest BCUT2D eigenvalue weighted by Crippen LogP contribution is 2.06. The largest absolute Gasteiger partial charge is 0.481 e. The minimum Gasteiger partial charge on any atom is -0.481 e. The fourth-order valence-corrected chi connectivity index (χ4v) is 2.31. The van der Waals surface area contributed by atoms with E-state index >= 15 is 0 Å². The van der Waals surface area contributed by atoms with Crippen molar-refractivity contribution < 1.29 is 49.2 Å². The first-order chi connectivity index (χ1) is 14.3. The van der Waals surface area contributed by atoms with Gasteiger partial charge in [0.25, 0.3) is 0 Å². The zero-order valence-corrected chi connectivity index (χ0v) is 17.0. The number of aliphatic carboxylic acids is 3. The van der Waals surface area contributed by atoms with Crippen LogP contribution in [-0.4, -0.2) is 86.8 Å². The first-order valence-corrected chi connectivity index (χ1v) is 9.24. The lowest BCUT2D eigenvalue weighted by Crippen LogP contribution is -2.59. The van der Waals surface area contributed by atoms with E-state index in [4.69, 9.17) is 26.2 Å². The molecule has 3 amide bonds. The number of amides is 3. The van der Waals surface area contributed by atoms with E-state index in [0.717, 1.165) is 0 Å². The molecule has 0 spiro atoms. The first-order valence-electron chi connectivity index (χ1n) is 9.24. The summed E-state index contributed by atoms with van der Waals surface area (Å²) in [5.41, 5.74) is 5.60. The smallest absolute Gasteiger partial charge is 0.328 e. The van der Waals surface area contributed by atoms with E-state index < -0.39 is 78.7 Å². The van der Waals surface area contributed by atoms with Crippen LogP contribution in [0.2, 0.25) is 0 Å². The van der Waals surface area contributed by atoms with Crippen molar-refractivity contribution in [3.8, 4) is 0 Å². The van der Waals surface area contributed by atoms with Crippen LogP contribution in [0.1, 0.15) is 33.1 Å². The molecule has 9 N–H and O–H groups in total. The third kappa shape index (κ3) is 10.4. The van der Waals surface area contributed by atoms with E-state index in [1.54, 1.807) is 13.8 Å². The molecule has 0 fully saturated rings. The molecule has 0 heterocycles. The lowest BCUT2D eigenvalue weighted by molar-refractivity contribution is -0.144. The maximum atomic E-state index is 12.6. The number of hydrogen-bond acceptors (Lipinski definition) is 8. The highest BCUT2D eigenvalue weighted by Gasteiger charge is 2.32. The topological polar surface area (TPSA) is 245 Å². The van der Waals surface area contributed by atoms with Crippen molar-refractivity contribution in [3.05, 3.63) is 0 Å². The second-order valence-electron chi connectivity index (χ2n) is 7.01. The Morgan fingerprint density at radius 2 is 1.35 bits per heavy atom. The summed E-state index contributed by atoms with van der Waals surface area (Å²) in [6.07, 6.45) is -1.45. The molecule has 0 aliphatic rings. The van der Waals surface area contributed by atoms with Crippen LogP contribution >= 0.6 is 0 Å². The van der Waals surface area contributed by atoms with Gasteiger partial charge in [0.2, 0.25) is 17.7 Å². The predicted octanol–water partition coefficient (Wildman–Crippen LogP) is -3.16. The number of carbonyl (C=O) groups excluding carboxylic acids is 3. The van der Waals surface area contributed by atoms with Crippen LogP contribution in [0.25, 0.3) is 0 Å². The van der Waals surface area contributed by atoms with E-state index in [1.165, 1.54) is 0 Å². The standard InChI is InChI=1S/C17H28N4O10/c1-7(2)13(21-14(27)8(18)3-4-11(23)24)16(29)19-9(5-12(25)26)15(28)20-10(6-22)17(30)31/h7-10,13,22H,3-6,18H2,1-2H3,(H,19,29)(H,20,28)(H,21,27)(H,23,24)(H,25,26)(H,30,31). The zero-order valence-electron chi connectivity index (χ0n) is 17.0. The molecule has 0 saturated carbocycles. The molecule has 0 radical (unpaired) electrons. The molecule has 0 aliphatic heterocycles. The molecule has 14 nitrogen and oxygen atoms in total. The van der Waals surface area contributed by atoms with Gasteiger partial charge in [-0.05, 0) is 12.3 Å². The Balaban J connectivity index is 5.33. The minimum atomic E-state index is -1.71. The highest BCUT2D eigenvalue weighted by atomic mass is 16.4. The first kappa shape index (κ1) is 27.7. The van der Waals surface area contributed by atoms with Gasteiger partial charge in [0.15, 0.2) is 0 Å². The number of aliphatic hydroxyl groups excluding tert-OH is 1. The van der Waals surface area contributed by atoms with E-state index in [0.29, 0.717) is 0 Å². The SMILES string of the molecule is CC(C)C(NC(=O)C(N)CCC(=O)O)C(=O)NC(CC(=O)O)C(=O)NC(CO)C(=O)O. The fraction of sp³-hybridized carbons (Fsp3) is 0.647. The van der Waals surface area contributed by atoms with Crippen LogP contribution in [0.5, 0.6) is 0 Å². The van der Waals surface area contributed by atoms with Gasteiger partial charge in [-0.15, -0.1) is 0 Å². The molecular weight excluding hydrogens is 420 g/mol. The average molecular weight is 448 g/mol. The number of hydrogen-bond donors (Lipinski definition) is 8. The van der Waals surface area contributed by atoms with Crippen molar-refractivity contribution in [2.24, 2.45) is 11.7 Å². The van der Waals surface area contributed by atoms with Gasteiger partial charge in [-0.3, -0.25) is 24.0 Å². The van der Waals surface area contributed by atoms with Gasteiger partial charge in [-0.2, -0.15) is 0 Å². The Morgan fingerprint density at radius 1 is 0.806 bits per heavy atom. The Hall–Kier alpha value is -3.26. The summed E-state index contributed by atoms with van der Waals surface area (Å²) in [7, 11) is 0. The van der Waals surface area contributed by atoms with Crippen LogP contribution in [0.3, 0.4) is 0 Å². The summed E-state index contributed by atoms with van der Waals surface area (Å²) in [4.78, 5) is 69.6. The van der Waals surface area contributed by atoms with Gasteiger partial charge < -0.3 is 42.1 Å². The van der Waals surface area contributed by atoms with Crippen molar-refractivity contribution >= 4 is 35.6 Å². The Labute approximate surface area is 177 Å². The Bertz CT molecular complexity index is 696. The van der Waals surface area contributed by atoms with Gasteiger partial charge in [0.1, 0.15) is 18.1 Å². The van der Waals surface area contributed by atoms with Crippen LogP contribution in [0.4, 0.5) is 0 Å². The van der Waals surface area contributed by atoms with E-state index in [-0.39, 0.29) is 12.8 Å². The molecule has 0 aromatic rings. The molecule has 0 aromatic carbocycles. The Morgan fingerprint density at radius 3 is 1.77 bits per heavy atom. The normalized spacial score (nSPS) is 14.6. The molecule has 14 heteroatoms. The summed E-state index contributed by atoms with van der Waals surface area (Å²) < 4.78 is 0. The summed E-state index contributed by atoms with van der Waals surface area (Å²) >= 11 is 0. The summed E-state index contributed by atoms with van der Waals surface area (Å²) in [5, 5.41) is 41.9. The third-order valence-electron chi connectivity index (χ3n) is 4.06. The molecule has 0 aliphatic carbocycles. The van der Waals surface area contributed by atoms with Crippen molar-refractivity contribution in [3.63, 3.8) is 0 Å². The van der Waals surface area contributed by atoms with Crippen molar-refractivity contribution in [1.82, 2.24) is 16.0 Å². The van der Waals surface area contributed by atoms with Crippen LogP contribution in [0, 0.1) is 5.92 Å². The number of carboxylic acid groups (broad SMARTS) is 3. The number of nitrogens with one attached hydrogen (secondary N) is 3. The van der Waals surface area contributed by atoms with Gasteiger partial charge in [0, 0.05) is 6.42 Å². The predicted molar refractivity (Wildman–Crippen MR) is 102 cm³/mol. The lowest BCUT2D eigenvalue weighted by Gasteiger charge is -2.26. The van der Waals surface area contributed by atoms with E-state index in [9.17, 15) is 28.8 Å². The number of rotatable bonds is 14. The number of nitrogens with two attached hydrogens (primary N) is 1. The summed E-state index contributed by atoms with van der Waals surface area (Å²) in [6, 6.07) is -5.88. The Kier molecular flexibility index (Phi) is 11.7. The van der Waals surface area contributed by atoms with E-state index in [2.05, 4.69) is 10.6 Å². The summed E-state index contributed by atoms with van der Waals surface area (Å²) in [5.74, 6) is -7.66. The lowest BCUT2D eigenvalue weighted by atomic mass is 10.0.